The molecule has 50 valence electrons. The predicted octanol–water partition coefficient (Wildman–Crippen LogP) is -0.520. The molecule has 0 radical (unpaired) electrons. The lowest BCUT2D eigenvalue weighted by Gasteiger charge is -2.06. The van der Waals surface area contributed by atoms with E-state index in [9.17, 15) is 0 Å². The molecule has 1 aliphatic heterocycles. The normalized spacial score (nSPS) is 34.2. The molecular formula is C6H10N2O. The summed E-state index contributed by atoms with van der Waals surface area (Å²) in [6.07, 6.45) is 0.165. The van der Waals surface area contributed by atoms with Gasteiger partial charge in [0.2, 0.25) is 0 Å². The van der Waals surface area contributed by atoms with E-state index in [1.165, 1.54) is 0 Å². The third-order valence-electron chi connectivity index (χ3n) is 1.66. The number of hydrogen-bond donors (Lipinski definition) is 2. The molecule has 1 aliphatic rings. The van der Waals surface area contributed by atoms with Crippen LogP contribution in [0.15, 0.2) is 0 Å². The van der Waals surface area contributed by atoms with E-state index in [1.807, 2.05) is 6.07 Å². The number of rotatable bonds is 1. The van der Waals surface area contributed by atoms with Crippen molar-refractivity contribution in [3.8, 4) is 6.07 Å². The van der Waals surface area contributed by atoms with Crippen LogP contribution in [0, 0.1) is 17.2 Å². The summed E-state index contributed by atoms with van der Waals surface area (Å²) < 4.78 is 0. The maximum Gasteiger partial charge on any atom is 0.0714 e. The van der Waals surface area contributed by atoms with Crippen molar-refractivity contribution in [2.75, 3.05) is 13.1 Å². The van der Waals surface area contributed by atoms with Gasteiger partial charge >= 0.3 is 0 Å². The third kappa shape index (κ3) is 1.41. The molecule has 0 bridgehead atoms. The number of nitrogens with one attached hydrogen (secondary N) is 1. The number of β-amino-alcohol motifs (C(OH)–C–C–N with tert-alkyl or cyclic N) is 1. The van der Waals surface area contributed by atoms with E-state index in [2.05, 4.69) is 5.32 Å². The molecule has 0 spiro atoms. The Morgan fingerprint density at radius 2 is 2.44 bits per heavy atom. The van der Waals surface area contributed by atoms with Gasteiger partial charge in [0.15, 0.2) is 0 Å². The maximum atomic E-state index is 9.11. The minimum Gasteiger partial charge on any atom is -0.391 e. The molecule has 9 heavy (non-hydrogen) atoms. The Bertz CT molecular complexity index is 130. The van der Waals surface area contributed by atoms with Gasteiger partial charge in [-0.15, -0.1) is 0 Å². The summed E-state index contributed by atoms with van der Waals surface area (Å²) >= 11 is 0. The molecule has 0 unspecified atom stereocenters. The highest BCUT2D eigenvalue weighted by atomic mass is 16.3. The monoisotopic (exact) mass is 126 g/mol. The first-order valence-corrected chi connectivity index (χ1v) is 3.10. The average molecular weight is 126 g/mol. The molecule has 1 rings (SSSR count). The molecular weight excluding hydrogens is 116 g/mol. The molecule has 3 heteroatoms. The lowest BCUT2D eigenvalue weighted by atomic mass is 10.0. The van der Waals surface area contributed by atoms with Gasteiger partial charge in [-0.05, 0) is 0 Å². The van der Waals surface area contributed by atoms with Crippen LogP contribution >= 0.6 is 0 Å². The van der Waals surface area contributed by atoms with Gasteiger partial charge in [-0.3, -0.25) is 0 Å². The molecule has 3 nitrogen and oxygen atoms in total. The van der Waals surface area contributed by atoms with Crippen molar-refractivity contribution >= 4 is 0 Å². The molecule has 1 fully saturated rings. The van der Waals surface area contributed by atoms with E-state index in [0.717, 1.165) is 6.54 Å². The summed E-state index contributed by atoms with van der Waals surface area (Å²) in [5.41, 5.74) is 0. The van der Waals surface area contributed by atoms with Crippen LogP contribution in [0.1, 0.15) is 6.42 Å². The Morgan fingerprint density at radius 1 is 1.67 bits per heavy atom. The quantitative estimate of drug-likeness (QED) is 0.497. The van der Waals surface area contributed by atoms with Crippen molar-refractivity contribution in [1.29, 1.82) is 5.26 Å². The number of nitrogens with zero attached hydrogens (tertiary/aromatic N) is 1. The zero-order valence-corrected chi connectivity index (χ0v) is 5.17. The van der Waals surface area contributed by atoms with Gasteiger partial charge in [-0.25, -0.2) is 0 Å². The number of aliphatic hydroxyl groups excluding tert-OH is 1. The van der Waals surface area contributed by atoms with E-state index < -0.39 is 0 Å². The second kappa shape index (κ2) is 2.81. The lowest BCUT2D eigenvalue weighted by molar-refractivity contribution is 0.150. The van der Waals surface area contributed by atoms with Crippen LogP contribution in [0.5, 0.6) is 0 Å². The Hall–Kier alpha value is -0.590. The first-order chi connectivity index (χ1) is 4.34. The summed E-state index contributed by atoms with van der Waals surface area (Å²) in [6.45, 7) is 1.43. The average Bonchev–Trinajstić information content (AvgIpc) is 2.18. The van der Waals surface area contributed by atoms with Gasteiger partial charge in [0.25, 0.3) is 0 Å². The van der Waals surface area contributed by atoms with Gasteiger partial charge in [-0.2, -0.15) is 5.26 Å². The van der Waals surface area contributed by atoms with Crippen molar-refractivity contribution in [2.45, 2.75) is 12.5 Å². The van der Waals surface area contributed by atoms with E-state index in [-0.39, 0.29) is 12.0 Å². The van der Waals surface area contributed by atoms with Crippen LogP contribution in [0.25, 0.3) is 0 Å². The fourth-order valence-electron chi connectivity index (χ4n) is 1.04. The van der Waals surface area contributed by atoms with Crippen LogP contribution in [0.2, 0.25) is 0 Å². The molecule has 1 heterocycles. The molecule has 0 aliphatic carbocycles. The molecule has 0 aromatic rings. The number of hydrogen-bond acceptors (Lipinski definition) is 3. The third-order valence-corrected chi connectivity index (χ3v) is 1.66. The van der Waals surface area contributed by atoms with Gasteiger partial charge in [-0.1, -0.05) is 0 Å². The second-order valence-corrected chi connectivity index (χ2v) is 2.35. The zero-order chi connectivity index (χ0) is 6.69. The topological polar surface area (TPSA) is 56.0 Å². The standard InChI is InChI=1S/C6H10N2O/c7-2-1-5-3-8-4-6(5)9/h5-6,8-9H,1,3-4H2/t5-,6-/m1/s1. The fourth-order valence-corrected chi connectivity index (χ4v) is 1.04. The largest absolute Gasteiger partial charge is 0.391 e. The van der Waals surface area contributed by atoms with Crippen LogP contribution in [-0.4, -0.2) is 24.3 Å². The molecule has 1 saturated heterocycles. The molecule has 0 amide bonds. The van der Waals surface area contributed by atoms with Gasteiger partial charge in [0.1, 0.15) is 0 Å². The molecule has 0 saturated carbocycles. The van der Waals surface area contributed by atoms with E-state index >= 15 is 0 Å². The molecule has 2 atom stereocenters. The fraction of sp³-hybridized carbons (Fsp3) is 0.833. The minimum absolute atomic E-state index is 0.162. The highest BCUT2D eigenvalue weighted by Gasteiger charge is 2.23. The van der Waals surface area contributed by atoms with E-state index in [4.69, 9.17) is 10.4 Å². The van der Waals surface area contributed by atoms with Crippen LogP contribution in [-0.2, 0) is 0 Å². The van der Waals surface area contributed by atoms with Gasteiger partial charge in [0, 0.05) is 25.4 Å². The molecule has 0 aromatic heterocycles. The maximum absolute atomic E-state index is 9.11. The molecule has 2 N–H and O–H groups in total. The summed E-state index contributed by atoms with van der Waals surface area (Å²) in [6, 6.07) is 2.04. The van der Waals surface area contributed by atoms with Crippen molar-refractivity contribution < 1.29 is 5.11 Å². The van der Waals surface area contributed by atoms with Crippen molar-refractivity contribution in [1.82, 2.24) is 5.32 Å². The lowest BCUT2D eigenvalue weighted by Crippen LogP contribution is -2.16. The minimum atomic E-state index is -0.301. The van der Waals surface area contributed by atoms with Gasteiger partial charge in [0.05, 0.1) is 12.2 Å². The smallest absolute Gasteiger partial charge is 0.0714 e. The SMILES string of the molecule is N#CC[C@@H]1CNC[C@H]1O. The highest BCUT2D eigenvalue weighted by molar-refractivity contribution is 4.87. The van der Waals surface area contributed by atoms with Crippen molar-refractivity contribution in [3.63, 3.8) is 0 Å². The highest BCUT2D eigenvalue weighted by Crippen LogP contribution is 2.11. The van der Waals surface area contributed by atoms with Gasteiger partial charge < -0.3 is 10.4 Å². The Labute approximate surface area is 54.3 Å². The van der Waals surface area contributed by atoms with E-state index in [1.54, 1.807) is 0 Å². The summed E-state index contributed by atoms with van der Waals surface area (Å²) in [5.74, 6) is 0.162. The first-order valence-electron chi connectivity index (χ1n) is 3.10. The number of aliphatic hydroxyl groups is 1. The first kappa shape index (κ1) is 6.53. The van der Waals surface area contributed by atoms with Crippen LogP contribution < -0.4 is 5.32 Å². The summed E-state index contributed by atoms with van der Waals surface area (Å²) in [4.78, 5) is 0. The predicted molar refractivity (Wildman–Crippen MR) is 32.6 cm³/mol. The molecule has 0 aromatic carbocycles. The Morgan fingerprint density at radius 3 is 2.89 bits per heavy atom. The Kier molecular flexibility index (Phi) is 2.04. The zero-order valence-electron chi connectivity index (χ0n) is 5.17. The number of nitriles is 1. The van der Waals surface area contributed by atoms with Crippen molar-refractivity contribution in [2.24, 2.45) is 5.92 Å². The summed E-state index contributed by atoms with van der Waals surface area (Å²) in [5, 5.41) is 20.4. The van der Waals surface area contributed by atoms with E-state index in [0.29, 0.717) is 13.0 Å². The second-order valence-electron chi connectivity index (χ2n) is 2.35. The van der Waals surface area contributed by atoms with Crippen LogP contribution in [0.3, 0.4) is 0 Å². The van der Waals surface area contributed by atoms with Crippen LogP contribution in [0.4, 0.5) is 0 Å². The summed E-state index contributed by atoms with van der Waals surface area (Å²) in [7, 11) is 0. The van der Waals surface area contributed by atoms with Crippen molar-refractivity contribution in [3.05, 3.63) is 0 Å². The Balaban J connectivity index is 2.33.